The van der Waals surface area contributed by atoms with E-state index in [1.165, 1.54) is 24.0 Å². The molecule has 0 bridgehead atoms. The molecule has 0 aromatic heterocycles. The molecule has 1 aliphatic rings. The molecule has 0 unspecified atom stereocenters. The maximum atomic E-state index is 10.3. The summed E-state index contributed by atoms with van der Waals surface area (Å²) < 4.78 is 0. The Hall–Kier alpha value is -1.63. The maximum absolute atomic E-state index is 10.3. The van der Waals surface area contributed by atoms with Crippen molar-refractivity contribution in [3.8, 4) is 0 Å². The Morgan fingerprint density at radius 2 is 1.86 bits per heavy atom. The van der Waals surface area contributed by atoms with Gasteiger partial charge in [0.2, 0.25) is 0 Å². The summed E-state index contributed by atoms with van der Waals surface area (Å²) >= 11 is 0. The van der Waals surface area contributed by atoms with Gasteiger partial charge in [0.25, 0.3) is 0 Å². The molecule has 1 rings (SSSR count). The van der Waals surface area contributed by atoms with Crippen molar-refractivity contribution in [3.63, 3.8) is 0 Å². The maximum Gasteiger partial charge on any atom is 0.143 e. The lowest BCUT2D eigenvalue weighted by atomic mass is 9.68. The Kier molecular flexibility index (Phi) is 6.61. The largest absolute Gasteiger partial charge is 0.299 e. The van der Waals surface area contributed by atoms with Gasteiger partial charge in [-0.1, -0.05) is 61.4 Å². The monoisotopic (exact) mass is 284 g/mol. The van der Waals surface area contributed by atoms with Crippen LogP contribution in [0.3, 0.4) is 0 Å². The molecular weight excluding hydrogens is 256 g/mol. The van der Waals surface area contributed by atoms with Crippen LogP contribution < -0.4 is 0 Å². The van der Waals surface area contributed by atoms with Crippen molar-refractivity contribution in [1.82, 2.24) is 0 Å². The lowest BCUT2D eigenvalue weighted by Gasteiger charge is -2.36. The van der Waals surface area contributed by atoms with Gasteiger partial charge in [0.15, 0.2) is 0 Å². The Bertz CT molecular complexity index is 510. The number of hydrogen-bond acceptors (Lipinski definition) is 1. The first kappa shape index (κ1) is 17.4. The quantitative estimate of drug-likeness (QED) is 0.279. The standard InChI is InChI=1S/C20H28O/c1-16(8-6-9-17(2)13-15-21)11-12-19-18(3)10-7-14-20(19,4)5/h6,8-13,15,19H,7,14H2,1-5H3/b9-6+,12-11+,16-8+,17-13+/t19-/m0/s1. The van der Waals surface area contributed by atoms with Crippen LogP contribution in [-0.2, 0) is 4.79 Å². The summed E-state index contributed by atoms with van der Waals surface area (Å²) in [4.78, 5) is 10.3. The van der Waals surface area contributed by atoms with E-state index in [0.29, 0.717) is 11.3 Å². The van der Waals surface area contributed by atoms with E-state index in [9.17, 15) is 4.79 Å². The van der Waals surface area contributed by atoms with Crippen LogP contribution >= 0.6 is 0 Å². The van der Waals surface area contributed by atoms with Crippen LogP contribution in [0.1, 0.15) is 47.5 Å². The molecule has 21 heavy (non-hydrogen) atoms. The second-order valence-corrected chi connectivity index (χ2v) is 6.63. The molecule has 0 heterocycles. The number of hydrogen-bond donors (Lipinski definition) is 0. The van der Waals surface area contributed by atoms with E-state index in [4.69, 9.17) is 0 Å². The highest BCUT2D eigenvalue weighted by Gasteiger charge is 2.30. The molecule has 0 spiro atoms. The van der Waals surface area contributed by atoms with Crippen molar-refractivity contribution in [2.24, 2.45) is 11.3 Å². The predicted molar refractivity (Wildman–Crippen MR) is 92.1 cm³/mol. The van der Waals surface area contributed by atoms with E-state index in [-0.39, 0.29) is 0 Å². The van der Waals surface area contributed by atoms with Crippen LogP contribution in [0.2, 0.25) is 0 Å². The predicted octanol–water partition coefficient (Wildman–Crippen LogP) is 5.57. The Morgan fingerprint density at radius 1 is 1.19 bits per heavy atom. The smallest absolute Gasteiger partial charge is 0.143 e. The van der Waals surface area contributed by atoms with E-state index < -0.39 is 0 Å². The van der Waals surface area contributed by atoms with Crippen LogP contribution in [0.25, 0.3) is 0 Å². The Labute approximate surface area is 129 Å². The zero-order chi connectivity index (χ0) is 15.9. The molecule has 1 heteroatoms. The SMILES string of the molecule is CC1=CCCC(C)(C)[C@H]1/C=C/C(C)=C/C=C/C(C)=C/C=O. The summed E-state index contributed by atoms with van der Waals surface area (Å²) in [6, 6.07) is 0. The van der Waals surface area contributed by atoms with Gasteiger partial charge in [-0.2, -0.15) is 0 Å². The highest BCUT2D eigenvalue weighted by atomic mass is 16.1. The molecule has 0 aliphatic heterocycles. The third-order valence-corrected chi connectivity index (χ3v) is 4.19. The lowest BCUT2D eigenvalue weighted by molar-refractivity contribution is -0.104. The molecule has 0 saturated heterocycles. The van der Waals surface area contributed by atoms with Crippen LogP contribution in [0.5, 0.6) is 0 Å². The van der Waals surface area contributed by atoms with Crippen LogP contribution in [0.4, 0.5) is 0 Å². The third kappa shape index (κ3) is 5.71. The molecule has 0 fully saturated rings. The molecule has 0 saturated carbocycles. The van der Waals surface area contributed by atoms with Gasteiger partial charge in [0.05, 0.1) is 0 Å². The molecular formula is C20H28O. The number of allylic oxidation sites excluding steroid dienone is 10. The Balaban J connectivity index is 2.75. The van der Waals surface area contributed by atoms with E-state index in [1.54, 1.807) is 6.08 Å². The molecule has 0 N–H and O–H groups in total. The zero-order valence-electron chi connectivity index (χ0n) is 14.0. The first-order chi connectivity index (χ1) is 9.86. The van der Waals surface area contributed by atoms with Crippen molar-refractivity contribution in [2.75, 3.05) is 0 Å². The molecule has 1 aliphatic carbocycles. The molecule has 0 radical (unpaired) electrons. The van der Waals surface area contributed by atoms with Gasteiger partial charge >= 0.3 is 0 Å². The fourth-order valence-corrected chi connectivity index (χ4v) is 2.80. The van der Waals surface area contributed by atoms with Crippen molar-refractivity contribution in [3.05, 3.63) is 59.3 Å². The second kappa shape index (κ2) is 7.97. The minimum Gasteiger partial charge on any atom is -0.299 e. The number of aldehydes is 1. The normalized spacial score (nSPS) is 23.7. The summed E-state index contributed by atoms with van der Waals surface area (Å²) in [5, 5.41) is 0. The number of rotatable bonds is 5. The summed E-state index contributed by atoms with van der Waals surface area (Å²) in [6.07, 6.45) is 17.7. The minimum atomic E-state index is 0.342. The second-order valence-electron chi connectivity index (χ2n) is 6.63. The van der Waals surface area contributed by atoms with Gasteiger partial charge in [-0.05, 0) is 50.7 Å². The number of carbonyl (C=O) groups excluding carboxylic acids is 1. The summed E-state index contributed by atoms with van der Waals surface area (Å²) in [5.74, 6) is 0.523. The van der Waals surface area contributed by atoms with Crippen LogP contribution in [0.15, 0.2) is 59.3 Å². The molecule has 1 atom stereocenters. The highest BCUT2D eigenvalue weighted by Crippen LogP contribution is 2.41. The minimum absolute atomic E-state index is 0.342. The molecule has 0 aromatic rings. The molecule has 1 nitrogen and oxygen atoms in total. The van der Waals surface area contributed by atoms with Crippen LogP contribution in [-0.4, -0.2) is 6.29 Å². The summed E-state index contributed by atoms with van der Waals surface area (Å²) in [5.41, 5.74) is 4.01. The summed E-state index contributed by atoms with van der Waals surface area (Å²) in [6.45, 7) is 11.0. The lowest BCUT2D eigenvalue weighted by Crippen LogP contribution is -2.26. The van der Waals surface area contributed by atoms with Gasteiger partial charge in [-0.15, -0.1) is 0 Å². The van der Waals surface area contributed by atoms with Gasteiger partial charge in [-0.25, -0.2) is 0 Å². The van der Waals surface area contributed by atoms with Crippen LogP contribution in [0, 0.1) is 11.3 Å². The van der Waals surface area contributed by atoms with Gasteiger partial charge < -0.3 is 0 Å². The number of carbonyl (C=O) groups is 1. The zero-order valence-corrected chi connectivity index (χ0v) is 14.0. The molecule has 114 valence electrons. The fourth-order valence-electron chi connectivity index (χ4n) is 2.80. The fraction of sp³-hybridized carbons (Fsp3) is 0.450. The van der Waals surface area contributed by atoms with E-state index in [2.05, 4.69) is 52.0 Å². The van der Waals surface area contributed by atoms with Crippen molar-refractivity contribution in [1.29, 1.82) is 0 Å². The molecule has 0 amide bonds. The van der Waals surface area contributed by atoms with Gasteiger partial charge in [-0.3, -0.25) is 4.79 Å². The topological polar surface area (TPSA) is 17.1 Å². The molecule has 0 aromatic carbocycles. The van der Waals surface area contributed by atoms with Crippen molar-refractivity contribution >= 4 is 6.29 Å². The first-order valence-corrected chi connectivity index (χ1v) is 7.68. The third-order valence-electron chi connectivity index (χ3n) is 4.19. The average molecular weight is 284 g/mol. The van der Waals surface area contributed by atoms with Gasteiger partial charge in [0, 0.05) is 5.92 Å². The van der Waals surface area contributed by atoms with E-state index >= 15 is 0 Å². The Morgan fingerprint density at radius 3 is 2.48 bits per heavy atom. The van der Waals surface area contributed by atoms with E-state index in [1.807, 2.05) is 19.1 Å². The van der Waals surface area contributed by atoms with Gasteiger partial charge in [0.1, 0.15) is 6.29 Å². The highest BCUT2D eigenvalue weighted by molar-refractivity contribution is 5.66. The first-order valence-electron chi connectivity index (χ1n) is 7.68. The summed E-state index contributed by atoms with van der Waals surface area (Å²) in [7, 11) is 0. The van der Waals surface area contributed by atoms with Crippen molar-refractivity contribution < 1.29 is 4.79 Å². The van der Waals surface area contributed by atoms with Crippen molar-refractivity contribution in [2.45, 2.75) is 47.5 Å². The van der Waals surface area contributed by atoms with E-state index in [0.717, 1.165) is 11.9 Å². The average Bonchev–Trinajstić information content (AvgIpc) is 2.37.